The molecule has 23 heavy (non-hydrogen) atoms. The minimum Gasteiger partial charge on any atom is -0.492 e. The molecule has 0 bridgehead atoms. The highest BCUT2D eigenvalue weighted by Crippen LogP contribution is 2.27. The van der Waals surface area contributed by atoms with E-state index < -0.39 is 5.60 Å². The van der Waals surface area contributed by atoms with E-state index in [0.717, 1.165) is 37.2 Å². The van der Waals surface area contributed by atoms with E-state index in [1.54, 1.807) is 11.1 Å². The molecule has 1 aromatic rings. The van der Waals surface area contributed by atoms with Gasteiger partial charge in [0.15, 0.2) is 0 Å². The Bertz CT molecular complexity index is 582. The molecule has 0 spiro atoms. The number of likely N-dealkylation sites (tertiary alicyclic amines) is 1. The van der Waals surface area contributed by atoms with Gasteiger partial charge in [-0.25, -0.2) is 9.78 Å². The zero-order chi connectivity index (χ0) is 16.4. The van der Waals surface area contributed by atoms with E-state index in [1.165, 1.54) is 0 Å². The molecule has 0 aromatic carbocycles. The first-order valence-electron chi connectivity index (χ1n) is 8.17. The highest BCUT2D eigenvalue weighted by Gasteiger charge is 2.31. The minimum absolute atomic E-state index is 0.0439. The van der Waals surface area contributed by atoms with Gasteiger partial charge >= 0.3 is 6.09 Å². The van der Waals surface area contributed by atoms with Gasteiger partial charge in [0.05, 0.1) is 19.3 Å². The topological polar surface area (TPSA) is 60.9 Å². The Labute approximate surface area is 136 Å². The van der Waals surface area contributed by atoms with Gasteiger partial charge < -0.3 is 19.1 Å². The van der Waals surface area contributed by atoms with Crippen molar-refractivity contribution in [3.8, 4) is 11.6 Å². The largest absolute Gasteiger partial charge is 0.492 e. The molecule has 6 heteroatoms. The molecule has 0 radical (unpaired) electrons. The molecule has 3 heterocycles. The zero-order valence-corrected chi connectivity index (χ0v) is 14.0. The lowest BCUT2D eigenvalue weighted by Gasteiger charge is -2.24. The SMILES string of the molecule is CC(C)(C)OC(=O)N1CCC(Oc2cc3c(cn2)OCCC3)C1. The van der Waals surface area contributed by atoms with Crippen molar-refractivity contribution in [3.05, 3.63) is 17.8 Å². The second kappa shape index (κ2) is 6.26. The number of amides is 1. The first-order chi connectivity index (χ1) is 10.9. The minimum atomic E-state index is -0.476. The van der Waals surface area contributed by atoms with E-state index >= 15 is 0 Å². The number of pyridine rings is 1. The fourth-order valence-electron chi connectivity index (χ4n) is 2.78. The molecule has 0 aliphatic carbocycles. The molecule has 1 fully saturated rings. The smallest absolute Gasteiger partial charge is 0.410 e. The molecular weight excluding hydrogens is 296 g/mol. The van der Waals surface area contributed by atoms with Crippen molar-refractivity contribution in [2.45, 2.75) is 51.7 Å². The Kier molecular flexibility index (Phi) is 4.33. The average Bonchev–Trinajstić information content (AvgIpc) is 2.94. The van der Waals surface area contributed by atoms with Crippen molar-refractivity contribution in [2.75, 3.05) is 19.7 Å². The summed E-state index contributed by atoms with van der Waals surface area (Å²) in [5, 5.41) is 0. The third-order valence-corrected chi connectivity index (χ3v) is 3.86. The van der Waals surface area contributed by atoms with Crippen LogP contribution in [0.3, 0.4) is 0 Å². The van der Waals surface area contributed by atoms with Gasteiger partial charge in [0, 0.05) is 24.6 Å². The van der Waals surface area contributed by atoms with E-state index in [0.29, 0.717) is 19.0 Å². The van der Waals surface area contributed by atoms with Crippen molar-refractivity contribution in [1.82, 2.24) is 9.88 Å². The van der Waals surface area contributed by atoms with Gasteiger partial charge in [0.25, 0.3) is 0 Å². The fraction of sp³-hybridized carbons (Fsp3) is 0.647. The third kappa shape index (κ3) is 4.06. The van der Waals surface area contributed by atoms with Crippen molar-refractivity contribution >= 4 is 6.09 Å². The maximum absolute atomic E-state index is 12.1. The molecule has 6 nitrogen and oxygen atoms in total. The Hall–Kier alpha value is -1.98. The van der Waals surface area contributed by atoms with Crippen LogP contribution in [0, 0.1) is 0 Å². The van der Waals surface area contributed by atoms with Crippen LogP contribution in [0.2, 0.25) is 0 Å². The zero-order valence-electron chi connectivity index (χ0n) is 14.0. The first kappa shape index (κ1) is 15.9. The number of hydrogen-bond acceptors (Lipinski definition) is 5. The number of hydrogen-bond donors (Lipinski definition) is 0. The summed E-state index contributed by atoms with van der Waals surface area (Å²) in [6, 6.07) is 1.95. The summed E-state index contributed by atoms with van der Waals surface area (Å²) < 4.78 is 16.9. The van der Waals surface area contributed by atoms with Crippen molar-refractivity contribution in [3.63, 3.8) is 0 Å². The van der Waals surface area contributed by atoms with E-state index in [2.05, 4.69) is 4.98 Å². The van der Waals surface area contributed by atoms with Crippen molar-refractivity contribution < 1.29 is 19.0 Å². The van der Waals surface area contributed by atoms with Crippen LogP contribution >= 0.6 is 0 Å². The number of nitrogens with zero attached hydrogens (tertiary/aromatic N) is 2. The number of carbonyl (C=O) groups is 1. The first-order valence-corrected chi connectivity index (χ1v) is 8.17. The Morgan fingerprint density at radius 2 is 2.26 bits per heavy atom. The normalized spacial score (nSPS) is 20.7. The van der Waals surface area contributed by atoms with Crippen molar-refractivity contribution in [2.24, 2.45) is 0 Å². The summed E-state index contributed by atoms with van der Waals surface area (Å²) in [6.07, 6.45) is 4.20. The summed E-state index contributed by atoms with van der Waals surface area (Å²) in [5.41, 5.74) is 0.666. The monoisotopic (exact) mass is 320 g/mol. The highest BCUT2D eigenvalue weighted by molar-refractivity contribution is 5.68. The molecule has 2 aliphatic rings. The molecular formula is C17H24N2O4. The molecule has 1 atom stereocenters. The molecule has 0 saturated carbocycles. The highest BCUT2D eigenvalue weighted by atomic mass is 16.6. The average molecular weight is 320 g/mol. The summed E-state index contributed by atoms with van der Waals surface area (Å²) in [5.74, 6) is 1.45. The summed E-state index contributed by atoms with van der Waals surface area (Å²) >= 11 is 0. The number of rotatable bonds is 2. The van der Waals surface area contributed by atoms with Crippen LogP contribution in [0.1, 0.15) is 39.2 Å². The van der Waals surface area contributed by atoms with E-state index in [-0.39, 0.29) is 12.2 Å². The van der Waals surface area contributed by atoms with Crippen LogP contribution in [0.15, 0.2) is 12.3 Å². The molecule has 1 aromatic heterocycles. The van der Waals surface area contributed by atoms with Gasteiger partial charge in [-0.2, -0.15) is 0 Å². The second-order valence-electron chi connectivity index (χ2n) is 7.04. The molecule has 3 rings (SSSR count). The van der Waals surface area contributed by atoms with E-state index in [9.17, 15) is 4.79 Å². The van der Waals surface area contributed by atoms with Crippen LogP contribution in [-0.4, -0.2) is 47.4 Å². The second-order valence-corrected chi connectivity index (χ2v) is 7.04. The van der Waals surface area contributed by atoms with Crippen LogP contribution in [0.4, 0.5) is 4.79 Å². The fourth-order valence-corrected chi connectivity index (χ4v) is 2.78. The summed E-state index contributed by atoms with van der Waals surface area (Å²) in [6.45, 7) is 7.54. The molecule has 126 valence electrons. The van der Waals surface area contributed by atoms with Gasteiger partial charge in [-0.05, 0) is 33.6 Å². The van der Waals surface area contributed by atoms with Gasteiger partial charge in [0.2, 0.25) is 5.88 Å². The lowest BCUT2D eigenvalue weighted by atomic mass is 10.1. The maximum atomic E-state index is 12.1. The predicted molar refractivity (Wildman–Crippen MR) is 84.9 cm³/mol. The van der Waals surface area contributed by atoms with Gasteiger partial charge in [0.1, 0.15) is 17.5 Å². The standard InChI is InChI=1S/C17H24N2O4/c1-17(2,3)23-16(20)19-7-6-13(11-19)22-15-9-12-5-4-8-21-14(12)10-18-15/h9-10,13H,4-8,11H2,1-3H3. The Morgan fingerprint density at radius 3 is 3.04 bits per heavy atom. The lowest BCUT2D eigenvalue weighted by molar-refractivity contribution is 0.0275. The number of carbonyl (C=O) groups excluding carboxylic acids is 1. The number of aryl methyl sites for hydroxylation is 1. The van der Waals surface area contributed by atoms with Gasteiger partial charge in [-0.15, -0.1) is 0 Å². The number of fused-ring (bicyclic) bond motifs is 1. The number of aromatic nitrogens is 1. The van der Waals surface area contributed by atoms with Gasteiger partial charge in [-0.1, -0.05) is 0 Å². The Balaban J connectivity index is 1.57. The van der Waals surface area contributed by atoms with Crippen LogP contribution in [-0.2, 0) is 11.2 Å². The molecule has 2 aliphatic heterocycles. The lowest BCUT2D eigenvalue weighted by Crippen LogP contribution is -2.36. The maximum Gasteiger partial charge on any atom is 0.410 e. The summed E-state index contributed by atoms with van der Waals surface area (Å²) in [4.78, 5) is 18.1. The molecule has 1 unspecified atom stereocenters. The quantitative estimate of drug-likeness (QED) is 0.838. The van der Waals surface area contributed by atoms with Crippen LogP contribution < -0.4 is 9.47 Å². The van der Waals surface area contributed by atoms with Crippen LogP contribution in [0.5, 0.6) is 11.6 Å². The van der Waals surface area contributed by atoms with E-state index in [4.69, 9.17) is 14.2 Å². The summed E-state index contributed by atoms with van der Waals surface area (Å²) in [7, 11) is 0. The molecule has 1 amide bonds. The van der Waals surface area contributed by atoms with E-state index in [1.807, 2.05) is 26.8 Å². The number of ether oxygens (including phenoxy) is 3. The van der Waals surface area contributed by atoms with Crippen molar-refractivity contribution in [1.29, 1.82) is 0 Å². The van der Waals surface area contributed by atoms with Gasteiger partial charge in [-0.3, -0.25) is 0 Å². The molecule has 0 N–H and O–H groups in total. The van der Waals surface area contributed by atoms with Crippen LogP contribution in [0.25, 0.3) is 0 Å². The predicted octanol–water partition coefficient (Wildman–Crippen LogP) is 2.79. The Morgan fingerprint density at radius 1 is 1.43 bits per heavy atom. The molecule has 1 saturated heterocycles. The third-order valence-electron chi connectivity index (χ3n) is 3.86.